The summed E-state index contributed by atoms with van der Waals surface area (Å²) in [4.78, 5) is 21.1. The molecule has 0 unspecified atom stereocenters. The molecule has 123 valence electrons. The van der Waals surface area contributed by atoms with Crippen LogP contribution in [0.25, 0.3) is 0 Å². The van der Waals surface area contributed by atoms with E-state index in [2.05, 4.69) is 6.92 Å². The molecule has 0 saturated carbocycles. The van der Waals surface area contributed by atoms with Gasteiger partial charge >= 0.3 is 0 Å². The first-order valence-electron chi connectivity index (χ1n) is 9.18. The highest BCUT2D eigenvalue weighted by molar-refractivity contribution is 5.89. The molecule has 0 spiro atoms. The van der Waals surface area contributed by atoms with E-state index in [1.165, 1.54) is 77.0 Å². The molecular formula is C19H35O2. The van der Waals surface area contributed by atoms with Gasteiger partial charge in [-0.05, 0) is 6.42 Å². The van der Waals surface area contributed by atoms with Gasteiger partial charge in [0.1, 0.15) is 5.78 Å². The molecule has 0 aliphatic heterocycles. The van der Waals surface area contributed by atoms with E-state index in [4.69, 9.17) is 0 Å². The minimum absolute atomic E-state index is 0.0154. The van der Waals surface area contributed by atoms with E-state index in [9.17, 15) is 9.59 Å². The van der Waals surface area contributed by atoms with E-state index in [-0.39, 0.29) is 12.2 Å². The van der Waals surface area contributed by atoms with Crippen LogP contribution in [0.5, 0.6) is 0 Å². The van der Waals surface area contributed by atoms with Gasteiger partial charge in [-0.1, -0.05) is 90.4 Å². The van der Waals surface area contributed by atoms with Crippen molar-refractivity contribution in [2.24, 2.45) is 0 Å². The zero-order valence-corrected chi connectivity index (χ0v) is 14.1. The number of carbonyl (C=O) groups excluding carboxylic acids is 2. The summed E-state index contributed by atoms with van der Waals surface area (Å²) in [5.74, 6) is 0.0453. The SMILES string of the molecule is CCCCCCCCCCCCCCCCC(=O)C[C]=O. The molecular weight excluding hydrogens is 260 g/mol. The lowest BCUT2D eigenvalue weighted by molar-refractivity contribution is -0.118. The van der Waals surface area contributed by atoms with Gasteiger partial charge < -0.3 is 0 Å². The molecule has 0 amide bonds. The van der Waals surface area contributed by atoms with Crippen LogP contribution < -0.4 is 0 Å². The van der Waals surface area contributed by atoms with Crippen molar-refractivity contribution < 1.29 is 9.59 Å². The summed E-state index contributed by atoms with van der Waals surface area (Å²) >= 11 is 0. The molecule has 0 bridgehead atoms. The molecule has 0 heterocycles. The predicted molar refractivity (Wildman–Crippen MR) is 90.2 cm³/mol. The van der Waals surface area contributed by atoms with Crippen molar-refractivity contribution in [1.82, 2.24) is 0 Å². The Labute approximate surface area is 132 Å². The zero-order valence-electron chi connectivity index (χ0n) is 14.1. The Kier molecular flexibility index (Phi) is 16.8. The van der Waals surface area contributed by atoms with Crippen LogP contribution in [0.3, 0.4) is 0 Å². The Morgan fingerprint density at radius 2 is 1.05 bits per heavy atom. The average molecular weight is 295 g/mol. The molecule has 0 aliphatic rings. The molecule has 0 aromatic rings. The second-order valence-electron chi connectivity index (χ2n) is 6.21. The number of hydrogen-bond donors (Lipinski definition) is 0. The lowest BCUT2D eigenvalue weighted by Gasteiger charge is -2.03. The summed E-state index contributed by atoms with van der Waals surface area (Å²) in [6, 6.07) is 0. The Balaban J connectivity index is 3.02. The molecule has 21 heavy (non-hydrogen) atoms. The fourth-order valence-electron chi connectivity index (χ4n) is 2.69. The van der Waals surface area contributed by atoms with Crippen LogP contribution in [0.2, 0.25) is 0 Å². The van der Waals surface area contributed by atoms with E-state index in [0.717, 1.165) is 12.8 Å². The first kappa shape index (κ1) is 20.3. The number of rotatable bonds is 17. The maximum Gasteiger partial charge on any atom is 0.206 e. The third-order valence-electron chi connectivity index (χ3n) is 4.08. The quantitative estimate of drug-likeness (QED) is 0.246. The first-order chi connectivity index (χ1) is 10.3. The summed E-state index contributed by atoms with van der Waals surface area (Å²) in [6.45, 7) is 2.27. The molecule has 0 saturated heterocycles. The largest absolute Gasteiger partial charge is 0.299 e. The molecule has 0 N–H and O–H groups in total. The van der Waals surface area contributed by atoms with Crippen LogP contribution >= 0.6 is 0 Å². The van der Waals surface area contributed by atoms with Gasteiger partial charge in [0.05, 0.1) is 6.42 Å². The first-order valence-corrected chi connectivity index (χ1v) is 9.18. The average Bonchev–Trinajstić information content (AvgIpc) is 2.48. The maximum absolute atomic E-state index is 11.1. The Hall–Kier alpha value is -0.660. The smallest absolute Gasteiger partial charge is 0.206 e. The standard InChI is InChI=1S/C19H35O2/c1-2-3-4-5-6-7-8-9-10-11-12-13-14-15-16-19(21)17-18-20/h2-17H2,1H3. The van der Waals surface area contributed by atoms with E-state index in [0.29, 0.717) is 6.42 Å². The van der Waals surface area contributed by atoms with Crippen molar-refractivity contribution in [1.29, 1.82) is 0 Å². The number of carbonyl (C=O) groups is 1. The normalized spacial score (nSPS) is 10.7. The number of ketones is 1. The van der Waals surface area contributed by atoms with Crippen LogP contribution in [0, 0.1) is 0 Å². The van der Waals surface area contributed by atoms with Gasteiger partial charge in [0.2, 0.25) is 6.29 Å². The van der Waals surface area contributed by atoms with E-state index < -0.39 is 0 Å². The van der Waals surface area contributed by atoms with Crippen molar-refractivity contribution in [2.75, 3.05) is 0 Å². The molecule has 0 rings (SSSR count). The molecule has 0 aliphatic carbocycles. The highest BCUT2D eigenvalue weighted by Gasteiger charge is 2.00. The molecule has 2 nitrogen and oxygen atoms in total. The summed E-state index contributed by atoms with van der Waals surface area (Å²) < 4.78 is 0. The molecule has 0 aromatic carbocycles. The van der Waals surface area contributed by atoms with Crippen molar-refractivity contribution in [3.05, 3.63) is 0 Å². The molecule has 0 aromatic heterocycles. The van der Waals surface area contributed by atoms with Gasteiger partial charge in [-0.15, -0.1) is 0 Å². The Morgan fingerprint density at radius 3 is 1.43 bits per heavy atom. The highest BCUT2D eigenvalue weighted by Crippen LogP contribution is 2.13. The van der Waals surface area contributed by atoms with Gasteiger partial charge in [-0.2, -0.15) is 0 Å². The van der Waals surface area contributed by atoms with Gasteiger partial charge in [-0.25, -0.2) is 0 Å². The van der Waals surface area contributed by atoms with Crippen LogP contribution in [0.15, 0.2) is 0 Å². The maximum atomic E-state index is 11.1. The summed E-state index contributed by atoms with van der Waals surface area (Å²) in [7, 11) is 0. The summed E-state index contributed by atoms with van der Waals surface area (Å²) in [6.07, 6.45) is 20.7. The summed E-state index contributed by atoms with van der Waals surface area (Å²) in [5, 5.41) is 0. The number of unbranched alkanes of at least 4 members (excludes halogenated alkanes) is 13. The van der Waals surface area contributed by atoms with Crippen LogP contribution in [0.1, 0.15) is 110 Å². The van der Waals surface area contributed by atoms with E-state index in [1.54, 1.807) is 6.29 Å². The van der Waals surface area contributed by atoms with Gasteiger partial charge in [-0.3, -0.25) is 9.59 Å². The van der Waals surface area contributed by atoms with Gasteiger partial charge in [0.25, 0.3) is 0 Å². The van der Waals surface area contributed by atoms with Crippen molar-refractivity contribution >= 4 is 12.1 Å². The second-order valence-corrected chi connectivity index (χ2v) is 6.21. The lowest BCUT2D eigenvalue weighted by atomic mass is 10.0. The van der Waals surface area contributed by atoms with Crippen LogP contribution in [-0.2, 0) is 9.59 Å². The Bertz CT molecular complexity index is 236. The predicted octanol–water partition coefficient (Wildman–Crippen LogP) is 5.93. The molecule has 0 fully saturated rings. The minimum Gasteiger partial charge on any atom is -0.299 e. The zero-order chi connectivity index (χ0) is 15.6. The van der Waals surface area contributed by atoms with Crippen LogP contribution in [-0.4, -0.2) is 12.1 Å². The fourth-order valence-corrected chi connectivity index (χ4v) is 2.69. The minimum atomic E-state index is -0.0154. The third kappa shape index (κ3) is 17.3. The lowest BCUT2D eigenvalue weighted by Crippen LogP contribution is -1.97. The van der Waals surface area contributed by atoms with E-state index >= 15 is 0 Å². The van der Waals surface area contributed by atoms with Crippen LogP contribution in [0.4, 0.5) is 0 Å². The molecule has 0 atom stereocenters. The highest BCUT2D eigenvalue weighted by atomic mass is 16.1. The van der Waals surface area contributed by atoms with Gasteiger partial charge in [0, 0.05) is 6.42 Å². The monoisotopic (exact) mass is 295 g/mol. The van der Waals surface area contributed by atoms with Gasteiger partial charge in [0.15, 0.2) is 0 Å². The van der Waals surface area contributed by atoms with E-state index in [1.807, 2.05) is 0 Å². The van der Waals surface area contributed by atoms with Crippen molar-refractivity contribution in [3.8, 4) is 0 Å². The molecule has 1 radical (unpaired) electrons. The van der Waals surface area contributed by atoms with Crippen molar-refractivity contribution in [3.63, 3.8) is 0 Å². The Morgan fingerprint density at radius 1 is 0.667 bits per heavy atom. The summed E-state index contributed by atoms with van der Waals surface area (Å²) in [5.41, 5.74) is 0. The molecule has 2 heteroatoms. The van der Waals surface area contributed by atoms with Crippen molar-refractivity contribution in [2.45, 2.75) is 110 Å². The topological polar surface area (TPSA) is 34.1 Å². The fraction of sp³-hybridized carbons (Fsp3) is 0.895. The number of Topliss-reactive ketones (excluding diaryl/α,β-unsaturated/α-hetero) is 1. The number of hydrogen-bond acceptors (Lipinski definition) is 2. The second kappa shape index (κ2) is 17.4. The third-order valence-corrected chi connectivity index (χ3v) is 4.08.